The van der Waals surface area contributed by atoms with E-state index in [9.17, 15) is 14.7 Å². The molecule has 0 aromatic heterocycles. The van der Waals surface area contributed by atoms with Gasteiger partial charge in [0.1, 0.15) is 0 Å². The smallest absolute Gasteiger partial charge is 0.311 e. The van der Waals surface area contributed by atoms with Crippen LogP contribution in [0, 0.1) is 26.2 Å². The van der Waals surface area contributed by atoms with Crippen LogP contribution in [-0.4, -0.2) is 36.7 Å². The number of carbonyl (C=O) groups excluding carboxylic acids is 1. The van der Waals surface area contributed by atoms with E-state index in [0.29, 0.717) is 26.1 Å². The van der Waals surface area contributed by atoms with E-state index in [2.05, 4.69) is 17.4 Å². The molecule has 1 amide bonds. The van der Waals surface area contributed by atoms with Gasteiger partial charge in [-0.25, -0.2) is 0 Å². The second kappa shape index (κ2) is 7.13. The molecule has 1 aromatic rings. The fraction of sp³-hybridized carbons (Fsp3) is 0.556. The second-order valence-corrected chi connectivity index (χ2v) is 6.53. The van der Waals surface area contributed by atoms with Gasteiger partial charge in [-0.05, 0) is 50.3 Å². The summed E-state index contributed by atoms with van der Waals surface area (Å²) in [5.74, 6) is -0.990. The summed E-state index contributed by atoms with van der Waals surface area (Å²) in [6.45, 7) is 7.05. The van der Waals surface area contributed by atoms with Gasteiger partial charge in [0.15, 0.2) is 0 Å². The highest BCUT2D eigenvalue weighted by Gasteiger charge is 2.40. The third-order valence-corrected chi connectivity index (χ3v) is 4.71. The molecule has 23 heavy (non-hydrogen) atoms. The molecule has 0 unspecified atom stereocenters. The lowest BCUT2D eigenvalue weighted by Crippen LogP contribution is -2.46. The Morgan fingerprint density at radius 3 is 2.26 bits per heavy atom. The average molecular weight is 319 g/mol. The molecule has 0 radical (unpaired) electrons. The summed E-state index contributed by atoms with van der Waals surface area (Å²) in [5.41, 5.74) is 3.49. The van der Waals surface area contributed by atoms with Gasteiger partial charge in [-0.3, -0.25) is 9.59 Å². The summed E-state index contributed by atoms with van der Waals surface area (Å²) in [6, 6.07) is 4.12. The third-order valence-electron chi connectivity index (χ3n) is 4.71. The summed E-state index contributed by atoms with van der Waals surface area (Å²) >= 11 is 0. The van der Waals surface area contributed by atoms with Crippen molar-refractivity contribution >= 4 is 11.9 Å². The quantitative estimate of drug-likeness (QED) is 0.872. The van der Waals surface area contributed by atoms with Crippen molar-refractivity contribution in [3.8, 4) is 0 Å². The lowest BCUT2D eigenvalue weighted by atomic mass is 9.80. The largest absolute Gasteiger partial charge is 0.481 e. The zero-order valence-corrected chi connectivity index (χ0v) is 14.1. The van der Waals surface area contributed by atoms with E-state index in [1.54, 1.807) is 0 Å². The molecule has 0 saturated carbocycles. The first-order valence-electron chi connectivity index (χ1n) is 7.99. The first-order chi connectivity index (χ1) is 10.8. The average Bonchev–Trinajstić information content (AvgIpc) is 2.49. The molecular formula is C18H25NO4. The molecule has 2 rings (SSSR count). The summed E-state index contributed by atoms with van der Waals surface area (Å²) in [4.78, 5) is 23.9. The van der Waals surface area contributed by atoms with E-state index in [4.69, 9.17) is 4.74 Å². The number of nitrogens with one attached hydrogen (secondary N) is 1. The van der Waals surface area contributed by atoms with Gasteiger partial charge in [0.25, 0.3) is 0 Å². The van der Waals surface area contributed by atoms with Gasteiger partial charge in [-0.2, -0.15) is 0 Å². The van der Waals surface area contributed by atoms with Crippen LogP contribution in [0.2, 0.25) is 0 Å². The normalized spacial score (nSPS) is 16.8. The number of aliphatic carboxylic acids is 1. The van der Waals surface area contributed by atoms with Crippen LogP contribution in [0.3, 0.4) is 0 Å². The molecule has 5 nitrogen and oxygen atoms in total. The Balaban J connectivity index is 2.01. The molecule has 5 heteroatoms. The minimum Gasteiger partial charge on any atom is -0.481 e. The number of ether oxygens (including phenoxy) is 1. The highest BCUT2D eigenvalue weighted by Crippen LogP contribution is 2.30. The topological polar surface area (TPSA) is 75.6 Å². The predicted octanol–water partition coefficient (Wildman–Crippen LogP) is 2.15. The van der Waals surface area contributed by atoms with Crippen LogP contribution in [0.15, 0.2) is 12.1 Å². The molecule has 1 saturated heterocycles. The summed E-state index contributed by atoms with van der Waals surface area (Å²) < 4.78 is 5.24. The maximum absolute atomic E-state index is 12.3. The van der Waals surface area contributed by atoms with Gasteiger partial charge in [0, 0.05) is 19.8 Å². The van der Waals surface area contributed by atoms with Crippen molar-refractivity contribution in [1.82, 2.24) is 5.32 Å². The molecule has 1 aliphatic rings. The Kier molecular flexibility index (Phi) is 5.42. The van der Waals surface area contributed by atoms with Crippen molar-refractivity contribution < 1.29 is 19.4 Å². The van der Waals surface area contributed by atoms with Crippen molar-refractivity contribution in [2.24, 2.45) is 5.41 Å². The Morgan fingerprint density at radius 1 is 1.17 bits per heavy atom. The van der Waals surface area contributed by atoms with Gasteiger partial charge >= 0.3 is 5.97 Å². The summed E-state index contributed by atoms with van der Waals surface area (Å²) in [7, 11) is 0. The Labute approximate surface area is 137 Å². The van der Waals surface area contributed by atoms with Crippen molar-refractivity contribution in [2.75, 3.05) is 19.8 Å². The van der Waals surface area contributed by atoms with Gasteiger partial charge in [-0.15, -0.1) is 0 Å². The standard InChI is InChI=1S/C18H25NO4/c1-12-8-13(2)15(14(3)9-12)10-16(20)19-11-18(17(21)22)4-6-23-7-5-18/h8-9H,4-7,10-11H2,1-3H3,(H,19,20)(H,21,22). The number of carboxylic acid groups (broad SMARTS) is 1. The van der Waals surface area contributed by atoms with Crippen LogP contribution in [0.4, 0.5) is 0 Å². The van der Waals surface area contributed by atoms with E-state index in [-0.39, 0.29) is 18.9 Å². The second-order valence-electron chi connectivity index (χ2n) is 6.53. The molecule has 0 atom stereocenters. The van der Waals surface area contributed by atoms with Crippen LogP contribution in [0.1, 0.15) is 35.1 Å². The minimum absolute atomic E-state index is 0.132. The van der Waals surface area contributed by atoms with Crippen LogP contribution in [0.5, 0.6) is 0 Å². The number of benzene rings is 1. The lowest BCUT2D eigenvalue weighted by Gasteiger charge is -2.33. The van der Waals surface area contributed by atoms with Gasteiger partial charge in [-0.1, -0.05) is 17.7 Å². The van der Waals surface area contributed by atoms with Crippen molar-refractivity contribution in [3.05, 3.63) is 34.4 Å². The monoisotopic (exact) mass is 319 g/mol. The van der Waals surface area contributed by atoms with Crippen molar-refractivity contribution in [1.29, 1.82) is 0 Å². The Bertz CT molecular complexity index is 580. The lowest BCUT2D eigenvalue weighted by molar-refractivity contribution is -0.154. The van der Waals surface area contributed by atoms with E-state index in [1.807, 2.05) is 20.8 Å². The van der Waals surface area contributed by atoms with E-state index in [1.165, 1.54) is 5.56 Å². The number of amides is 1. The first kappa shape index (κ1) is 17.5. The molecule has 1 aromatic carbocycles. The van der Waals surface area contributed by atoms with Gasteiger partial charge < -0.3 is 15.2 Å². The summed E-state index contributed by atoms with van der Waals surface area (Å²) in [5, 5.41) is 12.3. The molecule has 0 bridgehead atoms. The van der Waals surface area contributed by atoms with Crippen molar-refractivity contribution in [2.45, 2.75) is 40.0 Å². The molecule has 126 valence electrons. The maximum atomic E-state index is 12.3. The van der Waals surface area contributed by atoms with E-state index >= 15 is 0 Å². The maximum Gasteiger partial charge on any atom is 0.311 e. The van der Waals surface area contributed by atoms with Crippen LogP contribution in [0.25, 0.3) is 0 Å². The first-order valence-corrected chi connectivity index (χ1v) is 7.99. The number of hydrogen-bond donors (Lipinski definition) is 2. The molecular weight excluding hydrogens is 294 g/mol. The highest BCUT2D eigenvalue weighted by atomic mass is 16.5. The van der Waals surface area contributed by atoms with E-state index < -0.39 is 11.4 Å². The molecule has 1 aliphatic heterocycles. The Morgan fingerprint density at radius 2 is 1.74 bits per heavy atom. The number of hydrogen-bond acceptors (Lipinski definition) is 3. The minimum atomic E-state index is -0.898. The fourth-order valence-corrected chi connectivity index (χ4v) is 3.21. The molecule has 2 N–H and O–H groups in total. The van der Waals surface area contributed by atoms with Crippen LogP contribution in [-0.2, 0) is 20.7 Å². The van der Waals surface area contributed by atoms with Gasteiger partial charge in [0.05, 0.1) is 11.8 Å². The van der Waals surface area contributed by atoms with E-state index in [0.717, 1.165) is 16.7 Å². The van der Waals surface area contributed by atoms with Gasteiger partial charge in [0.2, 0.25) is 5.91 Å². The SMILES string of the molecule is Cc1cc(C)c(CC(=O)NCC2(C(=O)O)CCOCC2)c(C)c1. The zero-order valence-electron chi connectivity index (χ0n) is 14.1. The highest BCUT2D eigenvalue weighted by molar-refractivity contribution is 5.81. The molecule has 0 spiro atoms. The van der Waals surface area contributed by atoms with Crippen molar-refractivity contribution in [3.63, 3.8) is 0 Å². The third kappa shape index (κ3) is 4.10. The van der Waals surface area contributed by atoms with Crippen LogP contribution < -0.4 is 5.32 Å². The number of aryl methyl sites for hydroxylation is 3. The number of rotatable bonds is 5. The summed E-state index contributed by atoms with van der Waals surface area (Å²) in [6.07, 6.45) is 1.15. The molecule has 0 aliphatic carbocycles. The number of carboxylic acids is 1. The number of carbonyl (C=O) groups is 2. The fourth-order valence-electron chi connectivity index (χ4n) is 3.21. The molecule has 1 heterocycles. The molecule has 1 fully saturated rings. The zero-order chi connectivity index (χ0) is 17.0. The van der Waals surface area contributed by atoms with Crippen LogP contribution >= 0.6 is 0 Å². The predicted molar refractivity (Wildman–Crippen MR) is 87.5 cm³/mol. The Hall–Kier alpha value is -1.88.